The number of halogens is 2. The lowest BCUT2D eigenvalue weighted by atomic mass is 9.85. The number of Topliss-reactive ketones (excluding diaryl/α,β-unsaturated/α-hetero) is 1. The molecule has 0 saturated heterocycles. The van der Waals surface area contributed by atoms with Crippen LogP contribution >= 0.6 is 23.2 Å². The van der Waals surface area contributed by atoms with Gasteiger partial charge in [0, 0.05) is 22.4 Å². The van der Waals surface area contributed by atoms with Crippen molar-refractivity contribution < 1.29 is 9.90 Å². The van der Waals surface area contributed by atoms with Crippen molar-refractivity contribution in [3.8, 4) is 0 Å². The van der Waals surface area contributed by atoms with E-state index >= 15 is 0 Å². The Labute approximate surface area is 155 Å². The largest absolute Gasteiger partial charge is 0.388 e. The van der Waals surface area contributed by atoms with Crippen LogP contribution < -0.4 is 0 Å². The van der Waals surface area contributed by atoms with Crippen molar-refractivity contribution in [3.63, 3.8) is 0 Å². The number of hydrogen-bond donors (Lipinski definition) is 1. The summed E-state index contributed by atoms with van der Waals surface area (Å²) in [7, 11) is 0. The molecule has 0 aliphatic heterocycles. The van der Waals surface area contributed by atoms with Gasteiger partial charge >= 0.3 is 0 Å². The monoisotopic (exact) mass is 368 g/mol. The van der Waals surface area contributed by atoms with E-state index in [2.05, 4.69) is 19.6 Å². The molecule has 2 nitrogen and oxygen atoms in total. The lowest BCUT2D eigenvalue weighted by Gasteiger charge is -2.25. The molecule has 0 amide bonds. The first kappa shape index (κ1) is 21.0. The van der Waals surface area contributed by atoms with Gasteiger partial charge in [0.1, 0.15) is 5.78 Å². The van der Waals surface area contributed by atoms with Crippen LogP contribution in [0.4, 0.5) is 0 Å². The van der Waals surface area contributed by atoms with Crippen LogP contribution in [0.2, 0.25) is 10.0 Å². The van der Waals surface area contributed by atoms with Crippen LogP contribution in [-0.2, 0) is 4.79 Å². The molecule has 4 heteroatoms. The summed E-state index contributed by atoms with van der Waals surface area (Å²) in [6.07, 6.45) is 4.35. The summed E-state index contributed by atoms with van der Waals surface area (Å²) in [6.45, 7) is 9.60. The predicted octanol–water partition coefficient (Wildman–Crippen LogP) is 6.31. The number of benzene rings is 1. The van der Waals surface area contributed by atoms with E-state index in [4.69, 9.17) is 23.2 Å². The zero-order chi connectivity index (χ0) is 18.3. The van der Waals surface area contributed by atoms with Crippen molar-refractivity contribution in [3.05, 3.63) is 57.6 Å². The molecule has 1 rings (SSSR count). The highest BCUT2D eigenvalue weighted by Crippen LogP contribution is 2.36. The number of aliphatic hydroxyl groups excluding tert-OH is 1. The third-order valence-corrected chi connectivity index (χ3v) is 4.70. The summed E-state index contributed by atoms with van der Waals surface area (Å²) in [6, 6.07) is 5.14. The normalized spacial score (nSPS) is 14.3. The van der Waals surface area contributed by atoms with Crippen LogP contribution in [0.15, 0.2) is 42.0 Å². The Balaban J connectivity index is 2.76. The maximum Gasteiger partial charge on any atom is 0.130 e. The van der Waals surface area contributed by atoms with E-state index in [1.807, 2.05) is 6.92 Å². The molecule has 0 saturated carbocycles. The van der Waals surface area contributed by atoms with E-state index in [0.29, 0.717) is 22.0 Å². The highest BCUT2D eigenvalue weighted by Gasteiger charge is 2.23. The van der Waals surface area contributed by atoms with Crippen molar-refractivity contribution in [1.82, 2.24) is 0 Å². The fourth-order valence-corrected chi connectivity index (χ4v) is 3.16. The van der Waals surface area contributed by atoms with E-state index in [0.717, 1.165) is 24.8 Å². The molecule has 0 aliphatic rings. The van der Waals surface area contributed by atoms with Gasteiger partial charge in [0.05, 0.1) is 6.10 Å². The van der Waals surface area contributed by atoms with E-state index in [9.17, 15) is 9.90 Å². The van der Waals surface area contributed by atoms with Gasteiger partial charge in [0.2, 0.25) is 0 Å². The maximum absolute atomic E-state index is 11.0. The molecule has 132 valence electrons. The zero-order valence-corrected chi connectivity index (χ0v) is 16.1. The first-order valence-electron chi connectivity index (χ1n) is 8.15. The molecule has 1 aromatic carbocycles. The number of hydrogen-bond acceptors (Lipinski definition) is 2. The highest BCUT2D eigenvalue weighted by atomic mass is 35.5. The standard InChI is InChI=1S/C20H26Cl2O2/c1-13(2)17(10-8-14(3)6-5-7-15(4)23)20(24)18-11-9-16(21)12-19(18)22/h6,9,11-12,17,20,24H,1,5,7-8,10H2,2-4H3/b14-6+. The number of aliphatic hydroxyl groups is 1. The molecule has 0 fully saturated rings. The highest BCUT2D eigenvalue weighted by molar-refractivity contribution is 6.35. The molecule has 24 heavy (non-hydrogen) atoms. The van der Waals surface area contributed by atoms with Gasteiger partial charge in [0.15, 0.2) is 0 Å². The minimum absolute atomic E-state index is 0.0835. The summed E-state index contributed by atoms with van der Waals surface area (Å²) in [4.78, 5) is 11.0. The molecule has 0 radical (unpaired) electrons. The fourth-order valence-electron chi connectivity index (χ4n) is 2.64. The number of carbonyl (C=O) groups is 1. The number of rotatable bonds is 9. The molecular weight excluding hydrogens is 343 g/mol. The smallest absolute Gasteiger partial charge is 0.130 e. The molecule has 0 bridgehead atoms. The van der Waals surface area contributed by atoms with Crippen molar-refractivity contribution in [2.75, 3.05) is 0 Å². The number of allylic oxidation sites excluding steroid dienone is 2. The predicted molar refractivity (Wildman–Crippen MR) is 103 cm³/mol. The van der Waals surface area contributed by atoms with Gasteiger partial charge in [-0.15, -0.1) is 0 Å². The van der Waals surface area contributed by atoms with Gasteiger partial charge < -0.3 is 9.90 Å². The quantitative estimate of drug-likeness (QED) is 0.518. The zero-order valence-electron chi connectivity index (χ0n) is 14.6. The Kier molecular flexibility index (Phi) is 8.75. The van der Waals surface area contributed by atoms with E-state index < -0.39 is 6.10 Å². The summed E-state index contributed by atoms with van der Waals surface area (Å²) in [5, 5.41) is 11.7. The fraction of sp³-hybridized carbons (Fsp3) is 0.450. The molecule has 1 aromatic rings. The van der Waals surface area contributed by atoms with E-state index in [1.54, 1.807) is 25.1 Å². The van der Waals surface area contributed by atoms with Gasteiger partial charge in [-0.1, -0.05) is 53.1 Å². The minimum atomic E-state index is -0.711. The topological polar surface area (TPSA) is 37.3 Å². The minimum Gasteiger partial charge on any atom is -0.388 e. The second-order valence-corrected chi connectivity index (χ2v) is 7.24. The lowest BCUT2D eigenvalue weighted by molar-refractivity contribution is -0.116. The van der Waals surface area contributed by atoms with Gasteiger partial charge in [-0.2, -0.15) is 0 Å². The molecule has 2 atom stereocenters. The van der Waals surface area contributed by atoms with E-state index in [-0.39, 0.29) is 11.7 Å². The van der Waals surface area contributed by atoms with Crippen LogP contribution in [-0.4, -0.2) is 10.9 Å². The van der Waals surface area contributed by atoms with Crippen LogP contribution in [0.1, 0.15) is 58.1 Å². The summed E-state index contributed by atoms with van der Waals surface area (Å²) in [5.74, 6) is 0.117. The maximum atomic E-state index is 11.0. The Hall–Kier alpha value is -1.09. The molecular formula is C20H26Cl2O2. The average molecular weight is 369 g/mol. The average Bonchev–Trinajstić information content (AvgIpc) is 2.46. The molecule has 0 aromatic heterocycles. The van der Waals surface area contributed by atoms with Crippen LogP contribution in [0.25, 0.3) is 0 Å². The second-order valence-electron chi connectivity index (χ2n) is 6.39. The molecule has 1 N–H and O–H groups in total. The van der Waals surface area contributed by atoms with Crippen molar-refractivity contribution >= 4 is 29.0 Å². The van der Waals surface area contributed by atoms with E-state index in [1.165, 1.54) is 5.57 Å². The van der Waals surface area contributed by atoms with Crippen LogP contribution in [0.3, 0.4) is 0 Å². The van der Waals surface area contributed by atoms with Crippen molar-refractivity contribution in [1.29, 1.82) is 0 Å². The first-order valence-corrected chi connectivity index (χ1v) is 8.91. The van der Waals surface area contributed by atoms with Crippen LogP contribution in [0, 0.1) is 5.92 Å². The summed E-state index contributed by atoms with van der Waals surface area (Å²) < 4.78 is 0. The van der Waals surface area contributed by atoms with Gasteiger partial charge in [-0.3, -0.25) is 0 Å². The molecule has 2 unspecified atom stereocenters. The summed E-state index contributed by atoms with van der Waals surface area (Å²) >= 11 is 12.1. The Morgan fingerprint density at radius 2 is 1.92 bits per heavy atom. The summed E-state index contributed by atoms with van der Waals surface area (Å²) in [5.41, 5.74) is 2.81. The van der Waals surface area contributed by atoms with Crippen LogP contribution in [0.5, 0.6) is 0 Å². The third-order valence-electron chi connectivity index (χ3n) is 4.13. The third kappa shape index (κ3) is 6.80. The van der Waals surface area contributed by atoms with Gasteiger partial charge in [-0.05, 0) is 57.7 Å². The number of ketones is 1. The Morgan fingerprint density at radius 1 is 1.25 bits per heavy atom. The number of carbonyl (C=O) groups excluding carboxylic acids is 1. The lowest BCUT2D eigenvalue weighted by Crippen LogP contribution is -2.14. The van der Waals surface area contributed by atoms with Gasteiger partial charge in [-0.25, -0.2) is 0 Å². The Bertz CT molecular complexity index is 620. The molecule has 0 heterocycles. The Morgan fingerprint density at radius 3 is 2.46 bits per heavy atom. The second kappa shape index (κ2) is 10.0. The van der Waals surface area contributed by atoms with Crippen molar-refractivity contribution in [2.24, 2.45) is 5.92 Å². The van der Waals surface area contributed by atoms with Gasteiger partial charge in [0.25, 0.3) is 0 Å². The van der Waals surface area contributed by atoms with Crippen molar-refractivity contribution in [2.45, 2.75) is 52.6 Å². The SMILES string of the molecule is C=C(C)C(CC/C(C)=C/CCC(C)=O)C(O)c1ccc(Cl)cc1Cl. The first-order chi connectivity index (χ1) is 11.2. The molecule has 0 aliphatic carbocycles. The molecule has 0 spiro atoms.